The van der Waals surface area contributed by atoms with Gasteiger partial charge in [0.1, 0.15) is 10.7 Å². The second-order valence-corrected chi connectivity index (χ2v) is 7.32. The number of carbonyl (C=O) groups excluding carboxylic acids is 3. The van der Waals surface area contributed by atoms with Crippen LogP contribution in [0.4, 0.5) is 5.88 Å². The number of hydrogen-bond donors (Lipinski definition) is 0. The van der Waals surface area contributed by atoms with Gasteiger partial charge in [-0.1, -0.05) is 18.2 Å². The van der Waals surface area contributed by atoms with Crippen molar-refractivity contribution in [1.29, 1.82) is 0 Å². The van der Waals surface area contributed by atoms with Crippen LogP contribution in [-0.2, 0) is 20.9 Å². The summed E-state index contributed by atoms with van der Waals surface area (Å²) in [4.78, 5) is 47.4. The summed E-state index contributed by atoms with van der Waals surface area (Å²) in [7, 11) is 0. The van der Waals surface area contributed by atoms with Crippen LogP contribution >= 0.6 is 0 Å². The van der Waals surface area contributed by atoms with Crippen molar-refractivity contribution in [3.63, 3.8) is 0 Å². The largest absolute Gasteiger partial charge is 0.450 e. The smallest absolute Gasteiger partial charge is 0.433 e. The van der Waals surface area contributed by atoms with Crippen molar-refractivity contribution in [2.75, 3.05) is 6.61 Å². The normalized spacial score (nSPS) is 10.9. The monoisotopic (exact) mass is 418 g/mol. The number of esters is 2. The fraction of sp³-hybridized carbons (Fsp3) is 0.350. The Kier molecular flexibility index (Phi) is 6.93. The van der Waals surface area contributed by atoms with E-state index in [1.165, 1.54) is 11.8 Å². The number of nitro groups is 1. The number of ether oxygens (including phenoxy) is 2. The van der Waals surface area contributed by atoms with Gasteiger partial charge >= 0.3 is 17.8 Å². The summed E-state index contributed by atoms with van der Waals surface area (Å²) in [5.74, 6) is -2.65. The SMILES string of the molecule is CC(=O)Oc1ccccc1CN(C(=O)COC(=O)c1ccc([N+](=O)[O-])o1)C(C)(C)C. The zero-order valence-corrected chi connectivity index (χ0v) is 17.0. The number of furan rings is 1. The first-order valence-electron chi connectivity index (χ1n) is 8.97. The van der Waals surface area contributed by atoms with Crippen molar-refractivity contribution in [3.05, 3.63) is 57.8 Å². The van der Waals surface area contributed by atoms with E-state index in [1.54, 1.807) is 45.0 Å². The molecule has 1 heterocycles. The molecule has 1 amide bonds. The zero-order chi connectivity index (χ0) is 22.5. The van der Waals surface area contributed by atoms with Crippen molar-refractivity contribution in [3.8, 4) is 5.75 Å². The van der Waals surface area contributed by atoms with Crippen LogP contribution < -0.4 is 4.74 Å². The summed E-state index contributed by atoms with van der Waals surface area (Å²) < 4.78 is 14.9. The Balaban J connectivity index is 2.12. The van der Waals surface area contributed by atoms with Gasteiger partial charge in [-0.25, -0.2) is 4.79 Å². The molecule has 0 aliphatic carbocycles. The highest BCUT2D eigenvalue weighted by Gasteiger charge is 2.29. The van der Waals surface area contributed by atoms with Gasteiger partial charge in [0, 0.05) is 24.6 Å². The van der Waals surface area contributed by atoms with Gasteiger partial charge in [-0.05, 0) is 32.9 Å². The van der Waals surface area contributed by atoms with E-state index in [4.69, 9.17) is 13.9 Å². The van der Waals surface area contributed by atoms with E-state index in [0.717, 1.165) is 12.1 Å². The number of rotatable bonds is 7. The standard InChI is InChI=1S/C20H22N2O8/c1-13(23)29-15-8-6-5-7-14(15)11-21(20(2,3)4)17(24)12-28-19(25)16-9-10-18(30-16)22(26)27/h5-10H,11-12H2,1-4H3. The number of hydrogen-bond acceptors (Lipinski definition) is 8. The van der Waals surface area contributed by atoms with Gasteiger partial charge in [-0.15, -0.1) is 0 Å². The summed E-state index contributed by atoms with van der Waals surface area (Å²) in [6.45, 7) is 6.20. The van der Waals surface area contributed by atoms with Crippen LogP contribution in [-0.4, -0.2) is 39.8 Å². The van der Waals surface area contributed by atoms with E-state index in [2.05, 4.69) is 0 Å². The summed E-state index contributed by atoms with van der Waals surface area (Å²) in [6.07, 6.45) is 0. The number of carbonyl (C=O) groups is 3. The highest BCUT2D eigenvalue weighted by molar-refractivity contribution is 5.89. The molecule has 0 atom stereocenters. The Morgan fingerprint density at radius 1 is 1.13 bits per heavy atom. The van der Waals surface area contributed by atoms with E-state index in [1.807, 2.05) is 0 Å². The lowest BCUT2D eigenvalue weighted by atomic mass is 10.0. The highest BCUT2D eigenvalue weighted by Crippen LogP contribution is 2.24. The van der Waals surface area contributed by atoms with Crippen LogP contribution in [0.25, 0.3) is 0 Å². The number of benzene rings is 1. The van der Waals surface area contributed by atoms with Crippen LogP contribution in [0.1, 0.15) is 43.8 Å². The molecule has 0 N–H and O–H groups in total. The molecule has 0 aliphatic heterocycles. The quantitative estimate of drug-likeness (QED) is 0.290. The minimum atomic E-state index is -0.995. The fourth-order valence-corrected chi connectivity index (χ4v) is 2.57. The second-order valence-electron chi connectivity index (χ2n) is 7.32. The van der Waals surface area contributed by atoms with Crippen molar-refractivity contribution in [2.45, 2.75) is 39.8 Å². The van der Waals surface area contributed by atoms with E-state index in [9.17, 15) is 24.5 Å². The second kappa shape index (κ2) is 9.21. The molecule has 0 radical (unpaired) electrons. The van der Waals surface area contributed by atoms with Gasteiger partial charge in [0.2, 0.25) is 5.76 Å². The van der Waals surface area contributed by atoms with E-state index >= 15 is 0 Å². The first-order chi connectivity index (χ1) is 14.0. The van der Waals surface area contributed by atoms with Gasteiger partial charge in [0.25, 0.3) is 5.91 Å². The summed E-state index contributed by atoms with van der Waals surface area (Å²) in [6, 6.07) is 8.91. The lowest BCUT2D eigenvalue weighted by molar-refractivity contribution is -0.402. The van der Waals surface area contributed by atoms with Crippen LogP contribution in [0.5, 0.6) is 5.75 Å². The topological polar surface area (TPSA) is 129 Å². The molecule has 30 heavy (non-hydrogen) atoms. The van der Waals surface area contributed by atoms with Gasteiger partial charge in [0.15, 0.2) is 6.61 Å². The van der Waals surface area contributed by atoms with Crippen molar-refractivity contribution < 1.29 is 33.2 Å². The summed E-state index contributed by atoms with van der Waals surface area (Å²) >= 11 is 0. The summed E-state index contributed by atoms with van der Waals surface area (Å²) in [5, 5.41) is 10.6. The predicted molar refractivity (Wildman–Crippen MR) is 104 cm³/mol. The lowest BCUT2D eigenvalue weighted by Crippen LogP contribution is -2.47. The van der Waals surface area contributed by atoms with Crippen molar-refractivity contribution in [1.82, 2.24) is 4.90 Å². The molecule has 10 heteroatoms. The maximum Gasteiger partial charge on any atom is 0.433 e. The molecule has 160 valence electrons. The Bertz CT molecular complexity index is 958. The van der Waals surface area contributed by atoms with E-state index in [0.29, 0.717) is 11.3 Å². The molecule has 10 nitrogen and oxygen atoms in total. The highest BCUT2D eigenvalue weighted by atomic mass is 16.7. The van der Waals surface area contributed by atoms with Crippen molar-refractivity contribution >= 4 is 23.7 Å². The minimum absolute atomic E-state index is 0.107. The first kappa shape index (κ1) is 22.6. The van der Waals surface area contributed by atoms with E-state index < -0.39 is 40.8 Å². The number of nitrogens with zero attached hydrogens (tertiary/aromatic N) is 2. The molecule has 2 aromatic rings. The van der Waals surface area contributed by atoms with E-state index in [-0.39, 0.29) is 12.3 Å². The molecule has 1 aromatic carbocycles. The molecule has 0 unspecified atom stereocenters. The maximum atomic E-state index is 12.8. The molecule has 0 aliphatic rings. The fourth-order valence-electron chi connectivity index (χ4n) is 2.57. The molecular weight excluding hydrogens is 396 g/mol. The Morgan fingerprint density at radius 2 is 1.80 bits per heavy atom. The predicted octanol–water partition coefficient (Wildman–Crippen LogP) is 3.10. The third-order valence-corrected chi connectivity index (χ3v) is 3.97. The molecule has 0 bridgehead atoms. The lowest BCUT2D eigenvalue weighted by Gasteiger charge is -2.36. The molecule has 1 aromatic heterocycles. The van der Waals surface area contributed by atoms with Gasteiger partial charge in [-0.3, -0.25) is 19.7 Å². The van der Waals surface area contributed by atoms with Crippen molar-refractivity contribution in [2.24, 2.45) is 0 Å². The molecular formula is C20H22N2O8. The van der Waals surface area contributed by atoms with Gasteiger partial charge in [-0.2, -0.15) is 0 Å². The first-order valence-corrected chi connectivity index (χ1v) is 8.97. The zero-order valence-electron chi connectivity index (χ0n) is 17.0. The average molecular weight is 418 g/mol. The molecule has 0 saturated heterocycles. The number of para-hydroxylation sites is 1. The Labute approximate surface area is 172 Å². The van der Waals surface area contributed by atoms with Crippen LogP contribution in [0.15, 0.2) is 40.8 Å². The van der Waals surface area contributed by atoms with Crippen LogP contribution in [0.2, 0.25) is 0 Å². The average Bonchev–Trinajstić information content (AvgIpc) is 3.14. The van der Waals surface area contributed by atoms with Gasteiger partial charge in [0.05, 0.1) is 6.07 Å². The molecule has 0 spiro atoms. The van der Waals surface area contributed by atoms with Gasteiger partial charge < -0.3 is 18.8 Å². The number of amides is 1. The third-order valence-electron chi connectivity index (χ3n) is 3.97. The molecule has 2 rings (SSSR count). The Hall–Kier alpha value is -3.69. The van der Waals surface area contributed by atoms with Crippen LogP contribution in [0, 0.1) is 10.1 Å². The van der Waals surface area contributed by atoms with Crippen LogP contribution in [0.3, 0.4) is 0 Å². The molecule has 0 saturated carbocycles. The maximum absolute atomic E-state index is 12.8. The Morgan fingerprint density at radius 3 is 2.37 bits per heavy atom. The third kappa shape index (κ3) is 5.90. The molecule has 0 fully saturated rings. The minimum Gasteiger partial charge on any atom is -0.450 e. The summed E-state index contributed by atoms with van der Waals surface area (Å²) in [5.41, 5.74) is -0.0417.